The Labute approximate surface area is 158 Å². The number of methoxy groups -OCH3 is 1. The topological polar surface area (TPSA) is 84.5 Å². The highest BCUT2D eigenvalue weighted by Crippen LogP contribution is 2.28. The molecule has 0 saturated heterocycles. The molecule has 1 amide bonds. The van der Waals surface area contributed by atoms with Gasteiger partial charge in [-0.1, -0.05) is 11.6 Å². The van der Waals surface area contributed by atoms with Gasteiger partial charge >= 0.3 is 0 Å². The molecule has 0 radical (unpaired) electrons. The van der Waals surface area contributed by atoms with E-state index in [9.17, 15) is 13.2 Å². The van der Waals surface area contributed by atoms with Crippen LogP contribution in [0.15, 0.2) is 47.4 Å². The molecule has 0 atom stereocenters. The average Bonchev–Trinajstić information content (AvgIpc) is 2.53. The zero-order valence-corrected chi connectivity index (χ0v) is 16.5. The molecule has 0 heterocycles. The van der Waals surface area contributed by atoms with Crippen molar-refractivity contribution in [2.75, 3.05) is 12.4 Å². The smallest absolute Gasteiger partial charge is 0.255 e. The number of halogens is 1. The fourth-order valence-corrected chi connectivity index (χ4v) is 3.81. The minimum atomic E-state index is -3.65. The highest BCUT2D eigenvalue weighted by Gasteiger charge is 2.22. The normalized spacial score (nSPS) is 11.9. The Hall–Kier alpha value is -2.09. The number of anilines is 1. The van der Waals surface area contributed by atoms with Crippen molar-refractivity contribution in [3.05, 3.63) is 53.1 Å². The molecule has 2 N–H and O–H groups in total. The largest absolute Gasteiger partial charge is 0.495 e. The molecule has 0 aliphatic rings. The van der Waals surface area contributed by atoms with Gasteiger partial charge in [0.15, 0.2) is 0 Å². The van der Waals surface area contributed by atoms with Crippen molar-refractivity contribution in [3.8, 4) is 5.75 Å². The summed E-state index contributed by atoms with van der Waals surface area (Å²) >= 11 is 5.95. The molecular weight excluding hydrogens is 376 g/mol. The number of benzene rings is 2. The molecule has 26 heavy (non-hydrogen) atoms. The number of amides is 1. The molecule has 0 fully saturated rings. The number of ether oxygens (including phenoxy) is 1. The van der Waals surface area contributed by atoms with E-state index < -0.39 is 21.5 Å². The van der Waals surface area contributed by atoms with E-state index >= 15 is 0 Å². The van der Waals surface area contributed by atoms with Crippen molar-refractivity contribution in [2.24, 2.45) is 0 Å². The van der Waals surface area contributed by atoms with Gasteiger partial charge in [-0.05, 0) is 63.2 Å². The SMILES string of the molecule is COc1ccc(Cl)cc1NC(=O)c1ccc(S(=O)(=O)NC(C)(C)C)cc1. The lowest BCUT2D eigenvalue weighted by molar-refractivity contribution is 0.102. The first kappa shape index (κ1) is 20.2. The Morgan fingerprint density at radius 1 is 1.08 bits per heavy atom. The molecule has 2 rings (SSSR count). The summed E-state index contributed by atoms with van der Waals surface area (Å²) in [6.07, 6.45) is 0. The minimum Gasteiger partial charge on any atom is -0.495 e. The van der Waals surface area contributed by atoms with Crippen molar-refractivity contribution in [1.82, 2.24) is 4.72 Å². The van der Waals surface area contributed by atoms with Crippen LogP contribution in [0.5, 0.6) is 5.75 Å². The number of nitrogens with one attached hydrogen (secondary N) is 2. The lowest BCUT2D eigenvalue weighted by Gasteiger charge is -2.20. The van der Waals surface area contributed by atoms with Gasteiger partial charge in [-0.25, -0.2) is 13.1 Å². The van der Waals surface area contributed by atoms with Crippen LogP contribution in [0.25, 0.3) is 0 Å². The van der Waals surface area contributed by atoms with E-state index in [-0.39, 0.29) is 4.90 Å². The van der Waals surface area contributed by atoms with Gasteiger partial charge in [-0.2, -0.15) is 0 Å². The molecule has 140 valence electrons. The molecule has 8 heteroatoms. The Balaban J connectivity index is 2.21. The molecular formula is C18H21ClN2O4S. The van der Waals surface area contributed by atoms with Gasteiger partial charge in [-0.3, -0.25) is 4.79 Å². The quantitative estimate of drug-likeness (QED) is 0.807. The average molecular weight is 397 g/mol. The number of carbonyl (C=O) groups excluding carboxylic acids is 1. The summed E-state index contributed by atoms with van der Waals surface area (Å²) in [7, 11) is -2.17. The van der Waals surface area contributed by atoms with E-state index in [1.807, 2.05) is 0 Å². The summed E-state index contributed by atoms with van der Waals surface area (Å²) in [6, 6.07) is 10.5. The van der Waals surface area contributed by atoms with Crippen molar-refractivity contribution in [1.29, 1.82) is 0 Å². The maximum absolute atomic E-state index is 12.4. The molecule has 0 aliphatic carbocycles. The Morgan fingerprint density at radius 2 is 1.69 bits per heavy atom. The summed E-state index contributed by atoms with van der Waals surface area (Å²) in [4.78, 5) is 12.5. The van der Waals surface area contributed by atoms with Crippen LogP contribution in [0.4, 0.5) is 5.69 Å². The molecule has 0 spiro atoms. The van der Waals surface area contributed by atoms with E-state index in [0.717, 1.165) is 0 Å². The van der Waals surface area contributed by atoms with Crippen LogP contribution in [0.2, 0.25) is 5.02 Å². The summed E-state index contributed by atoms with van der Waals surface area (Å²) < 4.78 is 32.3. The zero-order chi connectivity index (χ0) is 19.5. The van der Waals surface area contributed by atoms with Crippen LogP contribution in [0.3, 0.4) is 0 Å². The summed E-state index contributed by atoms with van der Waals surface area (Å²) in [5.74, 6) is 0.0645. The Morgan fingerprint density at radius 3 is 2.23 bits per heavy atom. The highest BCUT2D eigenvalue weighted by atomic mass is 35.5. The van der Waals surface area contributed by atoms with Gasteiger partial charge < -0.3 is 10.1 Å². The van der Waals surface area contributed by atoms with Gasteiger partial charge in [0.2, 0.25) is 10.0 Å². The van der Waals surface area contributed by atoms with Crippen LogP contribution in [0.1, 0.15) is 31.1 Å². The number of hydrogen-bond acceptors (Lipinski definition) is 4. The Kier molecular flexibility index (Phi) is 5.95. The molecule has 0 aliphatic heterocycles. The van der Waals surface area contributed by atoms with Crippen LogP contribution < -0.4 is 14.8 Å². The Bertz CT molecular complexity index is 904. The van der Waals surface area contributed by atoms with Gasteiger partial charge in [0, 0.05) is 16.1 Å². The zero-order valence-electron chi connectivity index (χ0n) is 15.0. The molecule has 0 saturated carbocycles. The third-order valence-corrected chi connectivity index (χ3v) is 5.29. The molecule has 0 bridgehead atoms. The first-order chi connectivity index (χ1) is 12.0. The van der Waals surface area contributed by atoms with Crippen LogP contribution in [0, 0.1) is 0 Å². The molecule has 2 aromatic rings. The fraction of sp³-hybridized carbons (Fsp3) is 0.278. The number of sulfonamides is 1. The predicted octanol–water partition coefficient (Wildman–Crippen LogP) is 3.68. The monoisotopic (exact) mass is 396 g/mol. The lowest BCUT2D eigenvalue weighted by atomic mass is 10.1. The number of rotatable bonds is 5. The van der Waals surface area contributed by atoms with Crippen LogP contribution in [-0.4, -0.2) is 27.0 Å². The van der Waals surface area contributed by atoms with Crippen molar-refractivity contribution < 1.29 is 17.9 Å². The number of carbonyl (C=O) groups is 1. The van der Waals surface area contributed by atoms with Crippen LogP contribution >= 0.6 is 11.6 Å². The summed E-state index contributed by atoms with van der Waals surface area (Å²) in [5, 5.41) is 3.16. The molecule has 2 aromatic carbocycles. The fourth-order valence-electron chi connectivity index (χ4n) is 2.22. The third-order valence-electron chi connectivity index (χ3n) is 3.28. The minimum absolute atomic E-state index is 0.0873. The molecule has 6 nitrogen and oxygen atoms in total. The van der Waals surface area contributed by atoms with Gasteiger partial charge in [0.25, 0.3) is 5.91 Å². The van der Waals surface area contributed by atoms with E-state index in [4.69, 9.17) is 16.3 Å². The maximum Gasteiger partial charge on any atom is 0.255 e. The van der Waals surface area contributed by atoms with E-state index in [1.165, 1.54) is 31.4 Å². The van der Waals surface area contributed by atoms with E-state index in [2.05, 4.69) is 10.0 Å². The maximum atomic E-state index is 12.4. The molecule has 0 aromatic heterocycles. The standard InChI is InChI=1S/C18H21ClN2O4S/c1-18(2,3)21-26(23,24)14-8-5-12(6-9-14)17(22)20-15-11-13(19)7-10-16(15)25-4/h5-11,21H,1-4H3,(H,20,22). The summed E-state index contributed by atoms with van der Waals surface area (Å²) in [5.41, 5.74) is 0.135. The van der Waals surface area contributed by atoms with Crippen molar-refractivity contribution in [3.63, 3.8) is 0 Å². The third kappa shape index (κ3) is 5.20. The lowest BCUT2D eigenvalue weighted by Crippen LogP contribution is -2.40. The van der Waals surface area contributed by atoms with E-state index in [1.54, 1.807) is 39.0 Å². The van der Waals surface area contributed by atoms with Gasteiger partial charge in [0.05, 0.1) is 17.7 Å². The molecule has 0 unspecified atom stereocenters. The highest BCUT2D eigenvalue weighted by molar-refractivity contribution is 7.89. The van der Waals surface area contributed by atoms with Crippen molar-refractivity contribution in [2.45, 2.75) is 31.2 Å². The van der Waals surface area contributed by atoms with Gasteiger partial charge in [0.1, 0.15) is 5.75 Å². The predicted molar refractivity (Wildman–Crippen MR) is 102 cm³/mol. The first-order valence-corrected chi connectivity index (χ1v) is 9.67. The summed E-state index contributed by atoms with van der Waals surface area (Å²) in [6.45, 7) is 5.26. The van der Waals surface area contributed by atoms with Gasteiger partial charge in [-0.15, -0.1) is 0 Å². The second kappa shape index (κ2) is 7.65. The first-order valence-electron chi connectivity index (χ1n) is 7.81. The second-order valence-corrected chi connectivity index (χ2v) is 8.80. The van der Waals surface area contributed by atoms with Crippen LogP contribution in [-0.2, 0) is 10.0 Å². The van der Waals surface area contributed by atoms with E-state index in [0.29, 0.717) is 22.0 Å². The van der Waals surface area contributed by atoms with Crippen molar-refractivity contribution >= 4 is 33.2 Å². The number of hydrogen-bond donors (Lipinski definition) is 2. The second-order valence-electron chi connectivity index (χ2n) is 6.68.